The Morgan fingerprint density at radius 3 is 2.44 bits per heavy atom. The first kappa shape index (κ1) is 18.8. The Morgan fingerprint density at radius 2 is 1.81 bits per heavy atom. The first-order valence-corrected chi connectivity index (χ1v) is 8.78. The predicted molar refractivity (Wildman–Crippen MR) is 102 cm³/mol. The molecule has 6 heteroatoms. The Balaban J connectivity index is 1.78. The summed E-state index contributed by atoms with van der Waals surface area (Å²) >= 11 is 0. The molecule has 0 aliphatic carbocycles. The van der Waals surface area contributed by atoms with Crippen molar-refractivity contribution in [1.29, 1.82) is 0 Å². The van der Waals surface area contributed by atoms with E-state index in [2.05, 4.69) is 36.4 Å². The Morgan fingerprint density at radius 1 is 1.15 bits per heavy atom. The highest BCUT2D eigenvalue weighted by molar-refractivity contribution is 6.10. The molecule has 0 spiro atoms. The standard InChI is InChI=1S/C21H22FN3O2/c1-21(2,3)14-10-8-13(9-11-14)19(27)25-20-23-17(12-18(26)24-20)15-6-4-5-7-16(15)22/h4-11,17H,12H2,1-3H3,(H2,23,24,25,26,27)/t17-/m1/s1. The number of nitrogens with one attached hydrogen (secondary N) is 2. The molecule has 2 N–H and O–H groups in total. The van der Waals surface area contributed by atoms with Crippen LogP contribution in [0.1, 0.15) is 54.7 Å². The Bertz CT molecular complexity index is 898. The number of amides is 2. The highest BCUT2D eigenvalue weighted by Gasteiger charge is 2.25. The van der Waals surface area contributed by atoms with Gasteiger partial charge in [-0.2, -0.15) is 0 Å². The fraction of sp³-hybridized carbons (Fsp3) is 0.286. The minimum absolute atomic E-state index is 0.0105. The van der Waals surface area contributed by atoms with Gasteiger partial charge in [-0.15, -0.1) is 0 Å². The average Bonchev–Trinajstić information content (AvgIpc) is 2.61. The fourth-order valence-electron chi connectivity index (χ4n) is 2.88. The summed E-state index contributed by atoms with van der Waals surface area (Å²) in [5, 5.41) is 5.13. The molecule has 2 aromatic rings. The SMILES string of the molecule is CC(C)(C)c1ccc(C(=O)NC2=N[C@@H](c3ccccc3F)CC(=O)N2)cc1. The lowest BCUT2D eigenvalue weighted by molar-refractivity contribution is -0.120. The quantitative estimate of drug-likeness (QED) is 0.853. The number of carbonyl (C=O) groups is 2. The Kier molecular flexibility index (Phi) is 5.08. The van der Waals surface area contributed by atoms with Gasteiger partial charge in [0.2, 0.25) is 11.9 Å². The molecule has 0 saturated carbocycles. The lowest BCUT2D eigenvalue weighted by atomic mass is 9.87. The van der Waals surface area contributed by atoms with Gasteiger partial charge in [0.25, 0.3) is 5.91 Å². The number of guanidine groups is 1. The smallest absolute Gasteiger partial charge is 0.257 e. The van der Waals surface area contributed by atoms with Crippen molar-refractivity contribution >= 4 is 17.8 Å². The van der Waals surface area contributed by atoms with Crippen molar-refractivity contribution in [3.8, 4) is 0 Å². The van der Waals surface area contributed by atoms with Gasteiger partial charge in [-0.3, -0.25) is 20.2 Å². The van der Waals surface area contributed by atoms with Crippen LogP contribution in [0.4, 0.5) is 4.39 Å². The molecule has 27 heavy (non-hydrogen) atoms. The molecule has 0 bridgehead atoms. The monoisotopic (exact) mass is 367 g/mol. The van der Waals surface area contributed by atoms with Crippen molar-refractivity contribution in [2.75, 3.05) is 0 Å². The third-order valence-corrected chi connectivity index (χ3v) is 4.43. The summed E-state index contributed by atoms with van der Waals surface area (Å²) in [5.74, 6) is -1.10. The summed E-state index contributed by atoms with van der Waals surface area (Å²) in [4.78, 5) is 28.7. The van der Waals surface area contributed by atoms with Crippen molar-refractivity contribution in [3.05, 3.63) is 71.0 Å². The predicted octanol–water partition coefficient (Wildman–Crippen LogP) is 3.47. The van der Waals surface area contributed by atoms with Gasteiger partial charge < -0.3 is 0 Å². The van der Waals surface area contributed by atoms with E-state index in [9.17, 15) is 14.0 Å². The summed E-state index contributed by atoms with van der Waals surface area (Å²) in [6.07, 6.45) is 0.0284. The van der Waals surface area contributed by atoms with E-state index in [-0.39, 0.29) is 29.6 Å². The molecule has 140 valence electrons. The summed E-state index contributed by atoms with van der Waals surface area (Å²) in [5.41, 5.74) is 1.88. The maximum absolute atomic E-state index is 14.0. The molecule has 0 aromatic heterocycles. The zero-order valence-electron chi connectivity index (χ0n) is 15.5. The van der Waals surface area contributed by atoms with Gasteiger partial charge in [0.1, 0.15) is 5.82 Å². The normalized spacial score (nSPS) is 17.1. The van der Waals surface area contributed by atoms with Crippen LogP contribution in [0.5, 0.6) is 0 Å². The van der Waals surface area contributed by atoms with E-state index >= 15 is 0 Å². The topological polar surface area (TPSA) is 70.6 Å². The van der Waals surface area contributed by atoms with Gasteiger partial charge in [-0.05, 0) is 29.2 Å². The first-order valence-electron chi connectivity index (χ1n) is 8.78. The number of rotatable bonds is 2. The second kappa shape index (κ2) is 7.31. The molecule has 2 amide bonds. The first-order chi connectivity index (χ1) is 12.7. The van der Waals surface area contributed by atoms with E-state index in [4.69, 9.17) is 0 Å². The highest BCUT2D eigenvalue weighted by atomic mass is 19.1. The van der Waals surface area contributed by atoms with Gasteiger partial charge in [0.15, 0.2) is 0 Å². The van der Waals surface area contributed by atoms with E-state index in [0.717, 1.165) is 5.56 Å². The molecule has 1 atom stereocenters. The summed E-state index contributed by atoms with van der Waals surface area (Å²) in [7, 11) is 0. The number of benzene rings is 2. The number of carbonyl (C=O) groups excluding carboxylic acids is 2. The van der Waals surface area contributed by atoms with Gasteiger partial charge >= 0.3 is 0 Å². The largest absolute Gasteiger partial charge is 0.296 e. The number of halogens is 1. The van der Waals surface area contributed by atoms with E-state index < -0.39 is 11.9 Å². The summed E-state index contributed by atoms with van der Waals surface area (Å²) < 4.78 is 14.0. The van der Waals surface area contributed by atoms with Crippen LogP contribution in [0.15, 0.2) is 53.5 Å². The van der Waals surface area contributed by atoms with Gasteiger partial charge in [0.05, 0.1) is 12.5 Å². The molecule has 1 heterocycles. The number of hydrogen-bond donors (Lipinski definition) is 2. The average molecular weight is 367 g/mol. The van der Waals surface area contributed by atoms with E-state index in [1.807, 2.05) is 12.1 Å². The zero-order chi connectivity index (χ0) is 19.6. The van der Waals surface area contributed by atoms with Crippen molar-refractivity contribution in [2.45, 2.75) is 38.6 Å². The van der Waals surface area contributed by atoms with Crippen LogP contribution in [0.2, 0.25) is 0 Å². The van der Waals surface area contributed by atoms with Crippen molar-refractivity contribution in [3.63, 3.8) is 0 Å². The second-order valence-corrected chi connectivity index (χ2v) is 7.55. The molecule has 1 aliphatic rings. The van der Waals surface area contributed by atoms with E-state index in [1.54, 1.807) is 30.3 Å². The van der Waals surface area contributed by atoms with Crippen molar-refractivity contribution in [1.82, 2.24) is 10.6 Å². The van der Waals surface area contributed by atoms with Crippen LogP contribution in [0.3, 0.4) is 0 Å². The molecule has 5 nitrogen and oxygen atoms in total. The molecule has 0 fully saturated rings. The molecular weight excluding hydrogens is 345 g/mol. The highest BCUT2D eigenvalue weighted by Crippen LogP contribution is 2.26. The molecule has 1 aliphatic heterocycles. The third kappa shape index (κ3) is 4.39. The van der Waals surface area contributed by atoms with Gasteiger partial charge in [-0.1, -0.05) is 51.1 Å². The Hall–Kier alpha value is -3.02. The summed E-state index contributed by atoms with van der Waals surface area (Å²) in [6, 6.07) is 12.8. The minimum atomic E-state index is -0.668. The van der Waals surface area contributed by atoms with Gasteiger partial charge in [-0.25, -0.2) is 9.38 Å². The number of nitrogens with zero attached hydrogens (tertiary/aromatic N) is 1. The second-order valence-electron chi connectivity index (χ2n) is 7.55. The lowest BCUT2D eigenvalue weighted by Gasteiger charge is -2.22. The van der Waals surface area contributed by atoms with E-state index in [0.29, 0.717) is 11.1 Å². The maximum atomic E-state index is 14.0. The van der Waals surface area contributed by atoms with Gasteiger partial charge in [0, 0.05) is 11.1 Å². The van der Waals surface area contributed by atoms with Crippen molar-refractivity contribution < 1.29 is 14.0 Å². The van der Waals surface area contributed by atoms with E-state index in [1.165, 1.54) is 6.07 Å². The Labute approximate surface area is 157 Å². The molecule has 0 saturated heterocycles. The number of hydrogen-bond acceptors (Lipinski definition) is 3. The minimum Gasteiger partial charge on any atom is -0.296 e. The summed E-state index contributed by atoms with van der Waals surface area (Å²) in [6.45, 7) is 6.28. The van der Waals surface area contributed by atoms with Crippen LogP contribution in [0, 0.1) is 5.82 Å². The molecule has 3 rings (SSSR count). The van der Waals surface area contributed by atoms with Crippen LogP contribution in [-0.2, 0) is 10.2 Å². The third-order valence-electron chi connectivity index (χ3n) is 4.43. The van der Waals surface area contributed by atoms with Crippen LogP contribution in [-0.4, -0.2) is 17.8 Å². The fourth-order valence-corrected chi connectivity index (χ4v) is 2.88. The lowest BCUT2D eigenvalue weighted by Crippen LogP contribution is -2.47. The number of aliphatic imine (C=N–C) groups is 1. The molecule has 0 unspecified atom stereocenters. The molecule has 2 aromatic carbocycles. The van der Waals surface area contributed by atoms with Crippen molar-refractivity contribution in [2.24, 2.45) is 4.99 Å². The van der Waals surface area contributed by atoms with Crippen LogP contribution >= 0.6 is 0 Å². The molecular formula is C21H22FN3O2. The van der Waals surface area contributed by atoms with Crippen LogP contribution < -0.4 is 10.6 Å². The maximum Gasteiger partial charge on any atom is 0.257 e. The zero-order valence-corrected chi connectivity index (χ0v) is 15.5. The molecule has 0 radical (unpaired) electrons. The van der Waals surface area contributed by atoms with Crippen LogP contribution in [0.25, 0.3) is 0 Å².